The van der Waals surface area contributed by atoms with Crippen LogP contribution in [0.2, 0.25) is 0 Å². The van der Waals surface area contributed by atoms with E-state index in [1.165, 1.54) is 0 Å². The van der Waals surface area contributed by atoms with Gasteiger partial charge >= 0.3 is 0 Å². The normalized spacial score (nSPS) is 19.3. The van der Waals surface area contributed by atoms with Crippen LogP contribution in [0.5, 0.6) is 0 Å². The van der Waals surface area contributed by atoms with Crippen LogP contribution < -0.4 is 4.90 Å². The van der Waals surface area contributed by atoms with Crippen LogP contribution in [-0.4, -0.2) is 33.8 Å². The van der Waals surface area contributed by atoms with Crippen LogP contribution in [0, 0.1) is 13.8 Å². The molecule has 76 valence electrons. The standard InChI is InChI=1S/C10H15N3O/c1-7-4-11-8(2)9(12-7)13-5-10(3,14)6-13/h4,14H,5-6H2,1-3H3. The maximum atomic E-state index is 9.62. The fourth-order valence-electron chi connectivity index (χ4n) is 1.75. The number of β-amino-alcohol motifs (C(OH)–C–C–N with tert-alkyl or cyclic N) is 1. The minimum Gasteiger partial charge on any atom is -0.386 e. The smallest absolute Gasteiger partial charge is 0.150 e. The van der Waals surface area contributed by atoms with E-state index in [9.17, 15) is 5.11 Å². The molecule has 0 radical (unpaired) electrons. The van der Waals surface area contributed by atoms with Gasteiger partial charge in [-0.25, -0.2) is 4.98 Å². The van der Waals surface area contributed by atoms with Gasteiger partial charge in [0.05, 0.1) is 17.0 Å². The fraction of sp³-hybridized carbons (Fsp3) is 0.600. The van der Waals surface area contributed by atoms with E-state index >= 15 is 0 Å². The van der Waals surface area contributed by atoms with E-state index in [-0.39, 0.29) is 0 Å². The first-order chi connectivity index (χ1) is 6.48. The van der Waals surface area contributed by atoms with Gasteiger partial charge in [-0.05, 0) is 20.8 Å². The summed E-state index contributed by atoms with van der Waals surface area (Å²) in [5, 5.41) is 9.62. The summed E-state index contributed by atoms with van der Waals surface area (Å²) in [6.07, 6.45) is 1.76. The highest BCUT2D eigenvalue weighted by molar-refractivity contribution is 5.47. The Bertz CT molecular complexity index is 354. The van der Waals surface area contributed by atoms with Crippen molar-refractivity contribution >= 4 is 5.82 Å². The highest BCUT2D eigenvalue weighted by Gasteiger charge is 2.38. The first-order valence-corrected chi connectivity index (χ1v) is 4.75. The van der Waals surface area contributed by atoms with Crippen LogP contribution in [0.3, 0.4) is 0 Å². The Morgan fingerprint density at radius 1 is 1.43 bits per heavy atom. The molecule has 0 atom stereocenters. The number of anilines is 1. The lowest BCUT2D eigenvalue weighted by molar-refractivity contribution is 0.0304. The number of hydrogen-bond acceptors (Lipinski definition) is 4. The van der Waals surface area contributed by atoms with Crippen LogP contribution in [0.1, 0.15) is 18.3 Å². The van der Waals surface area contributed by atoms with E-state index < -0.39 is 5.60 Å². The molecule has 0 unspecified atom stereocenters. The highest BCUT2D eigenvalue weighted by Crippen LogP contribution is 2.27. The van der Waals surface area contributed by atoms with Crippen LogP contribution in [0.25, 0.3) is 0 Å². The SMILES string of the molecule is Cc1cnc(C)c(N2CC(C)(O)C2)n1. The number of aromatic nitrogens is 2. The summed E-state index contributed by atoms with van der Waals surface area (Å²) >= 11 is 0. The van der Waals surface area contributed by atoms with Crippen molar-refractivity contribution in [3.05, 3.63) is 17.6 Å². The minimum absolute atomic E-state index is 0.558. The van der Waals surface area contributed by atoms with Crippen molar-refractivity contribution in [3.63, 3.8) is 0 Å². The molecule has 1 aromatic heterocycles. The molecule has 4 nitrogen and oxygen atoms in total. The molecular weight excluding hydrogens is 178 g/mol. The fourth-order valence-corrected chi connectivity index (χ4v) is 1.75. The summed E-state index contributed by atoms with van der Waals surface area (Å²) in [4.78, 5) is 10.7. The van der Waals surface area contributed by atoms with E-state index in [0.717, 1.165) is 17.2 Å². The summed E-state index contributed by atoms with van der Waals surface area (Å²) in [5.74, 6) is 0.900. The van der Waals surface area contributed by atoms with Gasteiger partial charge in [0.25, 0.3) is 0 Å². The third-order valence-electron chi connectivity index (χ3n) is 2.41. The molecule has 1 aliphatic rings. The van der Waals surface area contributed by atoms with Crippen molar-refractivity contribution in [1.82, 2.24) is 9.97 Å². The molecule has 1 aromatic rings. The largest absolute Gasteiger partial charge is 0.386 e. The highest BCUT2D eigenvalue weighted by atomic mass is 16.3. The maximum absolute atomic E-state index is 9.62. The van der Waals surface area contributed by atoms with Gasteiger partial charge in [0.1, 0.15) is 0 Å². The van der Waals surface area contributed by atoms with Gasteiger partial charge in [-0.3, -0.25) is 4.98 Å². The van der Waals surface area contributed by atoms with E-state index in [4.69, 9.17) is 0 Å². The topological polar surface area (TPSA) is 49.2 Å². The zero-order valence-corrected chi connectivity index (χ0v) is 8.78. The number of aliphatic hydroxyl groups is 1. The quantitative estimate of drug-likeness (QED) is 0.712. The molecule has 0 spiro atoms. The number of hydrogen-bond donors (Lipinski definition) is 1. The Morgan fingerprint density at radius 3 is 2.64 bits per heavy atom. The van der Waals surface area contributed by atoms with Crippen molar-refractivity contribution in [2.45, 2.75) is 26.4 Å². The lowest BCUT2D eigenvalue weighted by atomic mass is 9.97. The zero-order valence-electron chi connectivity index (χ0n) is 8.78. The molecular formula is C10H15N3O. The van der Waals surface area contributed by atoms with Crippen molar-refractivity contribution < 1.29 is 5.11 Å². The van der Waals surface area contributed by atoms with Gasteiger partial charge in [0.2, 0.25) is 0 Å². The second kappa shape index (κ2) is 2.92. The number of aryl methyl sites for hydroxylation is 2. The zero-order chi connectivity index (χ0) is 10.3. The average Bonchev–Trinajstić information content (AvgIpc) is 2.05. The van der Waals surface area contributed by atoms with Gasteiger partial charge in [0, 0.05) is 19.3 Å². The first kappa shape index (κ1) is 9.40. The molecule has 0 amide bonds. The second-order valence-corrected chi connectivity index (χ2v) is 4.27. The van der Waals surface area contributed by atoms with Gasteiger partial charge in [-0.2, -0.15) is 0 Å². The Kier molecular flexibility index (Phi) is 1.96. The Labute approximate surface area is 83.6 Å². The lowest BCUT2D eigenvalue weighted by Crippen LogP contribution is -2.60. The van der Waals surface area contributed by atoms with Crippen LogP contribution in [0.15, 0.2) is 6.20 Å². The van der Waals surface area contributed by atoms with E-state index in [1.54, 1.807) is 6.20 Å². The Hall–Kier alpha value is -1.16. The van der Waals surface area contributed by atoms with Crippen molar-refractivity contribution in [2.75, 3.05) is 18.0 Å². The molecule has 0 saturated carbocycles. The van der Waals surface area contributed by atoms with E-state index in [1.807, 2.05) is 20.8 Å². The summed E-state index contributed by atoms with van der Waals surface area (Å²) < 4.78 is 0. The van der Waals surface area contributed by atoms with E-state index in [2.05, 4.69) is 14.9 Å². The average molecular weight is 193 g/mol. The predicted octanol–water partition coefficient (Wildman–Crippen LogP) is 0.664. The third kappa shape index (κ3) is 1.57. The summed E-state index contributed by atoms with van der Waals surface area (Å²) in [6.45, 7) is 6.99. The third-order valence-corrected chi connectivity index (χ3v) is 2.41. The first-order valence-electron chi connectivity index (χ1n) is 4.75. The lowest BCUT2D eigenvalue weighted by Gasteiger charge is -2.45. The molecule has 0 aliphatic carbocycles. The molecule has 2 heterocycles. The Balaban J connectivity index is 2.22. The van der Waals surface area contributed by atoms with Crippen LogP contribution in [-0.2, 0) is 0 Å². The van der Waals surface area contributed by atoms with E-state index in [0.29, 0.717) is 13.1 Å². The van der Waals surface area contributed by atoms with Crippen molar-refractivity contribution in [1.29, 1.82) is 0 Å². The summed E-state index contributed by atoms with van der Waals surface area (Å²) in [6, 6.07) is 0. The number of nitrogens with zero attached hydrogens (tertiary/aromatic N) is 3. The molecule has 0 aromatic carbocycles. The van der Waals surface area contributed by atoms with Crippen LogP contribution >= 0.6 is 0 Å². The second-order valence-electron chi connectivity index (χ2n) is 4.27. The van der Waals surface area contributed by atoms with Gasteiger partial charge in [0.15, 0.2) is 5.82 Å². The van der Waals surface area contributed by atoms with Gasteiger partial charge in [-0.1, -0.05) is 0 Å². The Morgan fingerprint density at radius 2 is 2.07 bits per heavy atom. The van der Waals surface area contributed by atoms with Crippen molar-refractivity contribution in [3.8, 4) is 0 Å². The molecule has 1 aliphatic heterocycles. The summed E-state index contributed by atoms with van der Waals surface area (Å²) in [7, 11) is 0. The molecule has 0 bridgehead atoms. The van der Waals surface area contributed by atoms with Gasteiger partial charge in [-0.15, -0.1) is 0 Å². The predicted molar refractivity (Wildman–Crippen MR) is 54.3 cm³/mol. The van der Waals surface area contributed by atoms with Gasteiger partial charge < -0.3 is 10.0 Å². The molecule has 1 fully saturated rings. The van der Waals surface area contributed by atoms with Crippen molar-refractivity contribution in [2.24, 2.45) is 0 Å². The number of rotatable bonds is 1. The van der Waals surface area contributed by atoms with Crippen LogP contribution in [0.4, 0.5) is 5.82 Å². The molecule has 2 rings (SSSR count). The monoisotopic (exact) mass is 193 g/mol. The molecule has 4 heteroatoms. The summed E-state index contributed by atoms with van der Waals surface area (Å²) in [5.41, 5.74) is 1.28. The molecule has 1 saturated heterocycles. The molecule has 1 N–H and O–H groups in total. The molecule has 14 heavy (non-hydrogen) atoms. The maximum Gasteiger partial charge on any atom is 0.150 e. The minimum atomic E-state index is -0.558.